The number of nitrogens with zero attached hydrogens (tertiary/aromatic N) is 2. The first-order valence-corrected chi connectivity index (χ1v) is 11.9. The molecule has 4 aromatic rings. The lowest BCUT2D eigenvalue weighted by molar-refractivity contribution is -0.130. The summed E-state index contributed by atoms with van der Waals surface area (Å²) in [5, 5.41) is 5.52. The molecule has 3 amide bonds. The lowest BCUT2D eigenvalue weighted by Crippen LogP contribution is -2.45. The van der Waals surface area contributed by atoms with Crippen molar-refractivity contribution in [2.45, 2.75) is 12.1 Å². The Hall–Kier alpha value is -4.17. The first-order valence-electron chi connectivity index (χ1n) is 11.0. The number of methoxy groups -OCH3 is 2. The summed E-state index contributed by atoms with van der Waals surface area (Å²) in [7, 11) is 3.16. The highest BCUT2D eigenvalue weighted by molar-refractivity contribution is 7.13. The number of thiazole rings is 1. The molecule has 0 saturated carbocycles. The molecular weight excluding hydrogens is 462 g/mol. The number of hydrogen-bond donors (Lipinski definition) is 1. The summed E-state index contributed by atoms with van der Waals surface area (Å²) < 4.78 is 10.9. The number of aromatic nitrogens is 1. The van der Waals surface area contributed by atoms with Gasteiger partial charge in [0.1, 0.15) is 5.01 Å². The summed E-state index contributed by atoms with van der Waals surface area (Å²) >= 11 is 1.41. The number of hydrogen-bond acceptors (Lipinski definition) is 6. The molecule has 1 fully saturated rings. The fourth-order valence-corrected chi connectivity index (χ4v) is 5.21. The van der Waals surface area contributed by atoms with Gasteiger partial charge in [0, 0.05) is 5.38 Å². The largest absolute Gasteiger partial charge is 0.493 e. The standard InChI is InChI=1S/C27H23N3O4S/c1-33-22-15-9-14-21(23(22)34-2)24-28-20(17-35-24)16-30-25(31)27(29-26(30)32,18-10-5-3-6-11-18)19-12-7-4-8-13-19/h3-15,17H,16H2,1-2H3,(H,29,32). The number of carbonyl (C=O) groups excluding carboxylic acids is 2. The summed E-state index contributed by atoms with van der Waals surface area (Å²) in [6, 6.07) is 23.7. The van der Waals surface area contributed by atoms with Gasteiger partial charge in [-0.3, -0.25) is 9.69 Å². The third-order valence-corrected chi connectivity index (χ3v) is 6.95. The Bertz CT molecular complexity index is 1330. The maximum atomic E-state index is 13.9. The Morgan fingerprint density at radius 1 is 0.886 bits per heavy atom. The van der Waals surface area contributed by atoms with Crippen LogP contribution in [0.2, 0.25) is 0 Å². The van der Waals surface area contributed by atoms with Crippen molar-refractivity contribution in [1.82, 2.24) is 15.2 Å². The zero-order chi connectivity index (χ0) is 24.4. The highest BCUT2D eigenvalue weighted by Gasteiger charge is 2.53. The van der Waals surface area contributed by atoms with Crippen molar-refractivity contribution in [2.24, 2.45) is 0 Å². The number of para-hydroxylation sites is 1. The molecule has 1 aliphatic rings. The highest BCUT2D eigenvalue weighted by Crippen LogP contribution is 2.40. The molecule has 3 aromatic carbocycles. The van der Waals surface area contributed by atoms with Gasteiger partial charge in [-0.25, -0.2) is 9.78 Å². The summed E-state index contributed by atoms with van der Waals surface area (Å²) in [4.78, 5) is 33.0. The number of nitrogens with one attached hydrogen (secondary N) is 1. The fraction of sp³-hybridized carbons (Fsp3) is 0.148. The van der Waals surface area contributed by atoms with Crippen LogP contribution in [0.25, 0.3) is 10.6 Å². The lowest BCUT2D eigenvalue weighted by Gasteiger charge is -2.27. The molecule has 1 aliphatic heterocycles. The van der Waals surface area contributed by atoms with Crippen LogP contribution in [0.1, 0.15) is 16.8 Å². The number of benzene rings is 3. The van der Waals surface area contributed by atoms with E-state index in [9.17, 15) is 9.59 Å². The second-order valence-corrected chi connectivity index (χ2v) is 8.85. The molecule has 5 rings (SSSR count). The van der Waals surface area contributed by atoms with E-state index in [2.05, 4.69) is 5.32 Å². The van der Waals surface area contributed by atoms with E-state index < -0.39 is 11.6 Å². The van der Waals surface area contributed by atoms with Gasteiger partial charge in [0.25, 0.3) is 5.91 Å². The predicted molar refractivity (Wildman–Crippen MR) is 133 cm³/mol. The molecule has 7 nitrogen and oxygen atoms in total. The van der Waals surface area contributed by atoms with Crippen molar-refractivity contribution < 1.29 is 19.1 Å². The Kier molecular flexibility index (Phi) is 5.96. The Morgan fingerprint density at radius 2 is 1.54 bits per heavy atom. The number of imide groups is 1. The SMILES string of the molecule is COc1cccc(-c2nc(CN3C(=O)NC(c4ccccc4)(c4ccccc4)C3=O)cs2)c1OC. The van der Waals surface area contributed by atoms with Crippen molar-refractivity contribution in [3.05, 3.63) is 101 Å². The first-order chi connectivity index (χ1) is 17.1. The normalized spacial score (nSPS) is 14.6. The summed E-state index contributed by atoms with van der Waals surface area (Å²) in [6.07, 6.45) is 0. The second kappa shape index (κ2) is 9.23. The summed E-state index contributed by atoms with van der Waals surface area (Å²) in [5.74, 6) is 0.845. The minimum Gasteiger partial charge on any atom is -0.493 e. The van der Waals surface area contributed by atoms with Gasteiger partial charge in [-0.2, -0.15) is 0 Å². The van der Waals surface area contributed by atoms with Crippen LogP contribution in [-0.2, 0) is 16.9 Å². The van der Waals surface area contributed by atoms with Crippen molar-refractivity contribution in [3.8, 4) is 22.1 Å². The quantitative estimate of drug-likeness (QED) is 0.380. The first kappa shape index (κ1) is 22.6. The Morgan fingerprint density at radius 3 is 2.14 bits per heavy atom. The van der Waals surface area contributed by atoms with Crippen molar-refractivity contribution in [1.29, 1.82) is 0 Å². The van der Waals surface area contributed by atoms with Crippen LogP contribution >= 0.6 is 11.3 Å². The number of ether oxygens (including phenoxy) is 2. The van der Waals surface area contributed by atoms with E-state index >= 15 is 0 Å². The third kappa shape index (κ3) is 3.81. The van der Waals surface area contributed by atoms with Gasteiger partial charge < -0.3 is 14.8 Å². The van der Waals surface area contributed by atoms with Crippen LogP contribution in [0.5, 0.6) is 11.5 Å². The molecule has 0 spiro atoms. The minimum atomic E-state index is -1.30. The van der Waals surface area contributed by atoms with E-state index in [0.717, 1.165) is 5.56 Å². The van der Waals surface area contributed by atoms with E-state index in [1.165, 1.54) is 16.2 Å². The fourth-order valence-electron chi connectivity index (χ4n) is 4.37. The van der Waals surface area contributed by atoms with E-state index in [1.807, 2.05) is 84.2 Å². The van der Waals surface area contributed by atoms with E-state index in [1.54, 1.807) is 14.2 Å². The van der Waals surface area contributed by atoms with E-state index in [-0.39, 0.29) is 12.5 Å². The molecule has 1 N–H and O–H groups in total. The minimum absolute atomic E-state index is 0.0505. The molecule has 0 unspecified atom stereocenters. The molecule has 35 heavy (non-hydrogen) atoms. The number of amides is 3. The molecule has 1 saturated heterocycles. The summed E-state index contributed by atoms with van der Waals surface area (Å²) in [6.45, 7) is 0.0505. The summed E-state index contributed by atoms with van der Waals surface area (Å²) in [5.41, 5.74) is 1.49. The van der Waals surface area contributed by atoms with Gasteiger partial charge in [-0.15, -0.1) is 11.3 Å². The molecule has 8 heteroatoms. The maximum absolute atomic E-state index is 13.9. The van der Waals surface area contributed by atoms with Crippen molar-refractivity contribution in [2.75, 3.05) is 14.2 Å². The Balaban J connectivity index is 1.49. The smallest absolute Gasteiger partial charge is 0.325 e. The van der Waals surface area contributed by atoms with Gasteiger partial charge in [0.15, 0.2) is 17.0 Å². The van der Waals surface area contributed by atoms with Crippen LogP contribution in [-0.4, -0.2) is 36.0 Å². The predicted octanol–water partition coefficient (Wildman–Crippen LogP) is 4.82. The van der Waals surface area contributed by atoms with E-state index in [0.29, 0.717) is 33.3 Å². The number of rotatable bonds is 7. The van der Waals surface area contributed by atoms with Gasteiger partial charge in [-0.05, 0) is 23.3 Å². The van der Waals surface area contributed by atoms with Gasteiger partial charge in [0.2, 0.25) is 0 Å². The molecule has 0 bridgehead atoms. The highest BCUT2D eigenvalue weighted by atomic mass is 32.1. The van der Waals surface area contributed by atoms with Crippen LogP contribution in [0, 0.1) is 0 Å². The average Bonchev–Trinajstić information content (AvgIpc) is 3.48. The zero-order valence-electron chi connectivity index (χ0n) is 19.2. The van der Waals surface area contributed by atoms with Gasteiger partial charge >= 0.3 is 6.03 Å². The number of carbonyl (C=O) groups is 2. The molecule has 0 radical (unpaired) electrons. The lowest BCUT2D eigenvalue weighted by atomic mass is 9.82. The van der Waals surface area contributed by atoms with Crippen molar-refractivity contribution >= 4 is 23.3 Å². The molecule has 0 aliphatic carbocycles. The van der Waals surface area contributed by atoms with Crippen LogP contribution < -0.4 is 14.8 Å². The van der Waals surface area contributed by atoms with Gasteiger partial charge in [0.05, 0.1) is 32.0 Å². The Labute approximate surface area is 207 Å². The molecule has 1 aromatic heterocycles. The maximum Gasteiger partial charge on any atom is 0.325 e. The molecule has 2 heterocycles. The van der Waals surface area contributed by atoms with Crippen LogP contribution in [0.3, 0.4) is 0 Å². The van der Waals surface area contributed by atoms with Crippen molar-refractivity contribution in [3.63, 3.8) is 0 Å². The third-order valence-electron chi connectivity index (χ3n) is 6.02. The number of urea groups is 1. The average molecular weight is 486 g/mol. The molecular formula is C27H23N3O4S. The monoisotopic (exact) mass is 485 g/mol. The van der Waals surface area contributed by atoms with Crippen LogP contribution in [0.15, 0.2) is 84.2 Å². The van der Waals surface area contributed by atoms with E-state index in [4.69, 9.17) is 14.5 Å². The van der Waals surface area contributed by atoms with Crippen LogP contribution in [0.4, 0.5) is 4.79 Å². The molecule has 0 atom stereocenters. The topological polar surface area (TPSA) is 80.8 Å². The molecule has 176 valence electrons. The zero-order valence-corrected chi connectivity index (χ0v) is 20.0. The second-order valence-electron chi connectivity index (χ2n) is 7.99. The van der Waals surface area contributed by atoms with Gasteiger partial charge in [-0.1, -0.05) is 66.7 Å².